The number of rotatable bonds is 9. The molecule has 0 unspecified atom stereocenters. The Morgan fingerprint density at radius 3 is 2.35 bits per heavy atom. The predicted molar refractivity (Wildman–Crippen MR) is 146 cm³/mol. The van der Waals surface area contributed by atoms with Crippen LogP contribution in [0.4, 0.5) is 17.1 Å². The SMILES string of the molecule is CNCCCN(C(C)=O)c1ccc(NC(=C2C(=O)Nc3cc(C(=O)OC)ccc32)c2ccccc2)cc1. The highest BCUT2D eigenvalue weighted by Crippen LogP contribution is 2.38. The number of nitrogens with zero attached hydrogens (tertiary/aromatic N) is 1. The number of nitrogens with one attached hydrogen (secondary N) is 3. The molecule has 1 heterocycles. The number of ether oxygens (including phenoxy) is 1. The predicted octanol–water partition coefficient (Wildman–Crippen LogP) is 4.37. The first-order valence-corrected chi connectivity index (χ1v) is 12.1. The molecule has 0 spiro atoms. The Morgan fingerprint density at radius 2 is 1.70 bits per heavy atom. The van der Waals surface area contributed by atoms with E-state index in [1.54, 1.807) is 30.0 Å². The molecule has 1 aliphatic rings. The van der Waals surface area contributed by atoms with Gasteiger partial charge in [-0.25, -0.2) is 4.79 Å². The first kappa shape index (κ1) is 25.7. The van der Waals surface area contributed by atoms with E-state index in [-0.39, 0.29) is 11.8 Å². The van der Waals surface area contributed by atoms with Crippen LogP contribution in [-0.4, -0.2) is 45.0 Å². The van der Waals surface area contributed by atoms with E-state index >= 15 is 0 Å². The summed E-state index contributed by atoms with van der Waals surface area (Å²) in [5.74, 6) is -0.761. The third kappa shape index (κ3) is 5.70. The fourth-order valence-corrected chi connectivity index (χ4v) is 4.30. The van der Waals surface area contributed by atoms with Crippen LogP contribution in [0.3, 0.4) is 0 Å². The van der Waals surface area contributed by atoms with Crippen molar-refractivity contribution in [1.82, 2.24) is 5.32 Å². The Bertz CT molecular complexity index is 1330. The third-order valence-electron chi connectivity index (χ3n) is 6.13. The number of fused-ring (bicyclic) bond motifs is 1. The second kappa shape index (κ2) is 11.5. The lowest BCUT2D eigenvalue weighted by molar-refractivity contribution is -0.116. The van der Waals surface area contributed by atoms with Crippen molar-refractivity contribution in [3.8, 4) is 0 Å². The van der Waals surface area contributed by atoms with Gasteiger partial charge in [-0.2, -0.15) is 0 Å². The molecule has 0 saturated heterocycles. The summed E-state index contributed by atoms with van der Waals surface area (Å²) in [6.45, 7) is 3.00. The molecule has 190 valence electrons. The van der Waals surface area contributed by atoms with E-state index < -0.39 is 5.97 Å². The first-order valence-electron chi connectivity index (χ1n) is 12.1. The summed E-state index contributed by atoms with van der Waals surface area (Å²) in [4.78, 5) is 39.1. The van der Waals surface area contributed by atoms with E-state index in [9.17, 15) is 14.4 Å². The number of anilines is 3. The van der Waals surface area contributed by atoms with Crippen molar-refractivity contribution in [3.05, 3.63) is 89.5 Å². The van der Waals surface area contributed by atoms with Crippen LogP contribution in [0.15, 0.2) is 72.8 Å². The monoisotopic (exact) mass is 498 g/mol. The van der Waals surface area contributed by atoms with Gasteiger partial charge in [-0.1, -0.05) is 36.4 Å². The first-order chi connectivity index (χ1) is 17.9. The van der Waals surface area contributed by atoms with Gasteiger partial charge in [0, 0.05) is 30.4 Å². The van der Waals surface area contributed by atoms with Crippen molar-refractivity contribution in [3.63, 3.8) is 0 Å². The Labute approximate surface area is 216 Å². The van der Waals surface area contributed by atoms with Gasteiger partial charge in [0.1, 0.15) is 0 Å². The highest BCUT2D eigenvalue weighted by Gasteiger charge is 2.29. The number of carbonyl (C=O) groups is 3. The van der Waals surface area contributed by atoms with Crippen LogP contribution in [0.2, 0.25) is 0 Å². The maximum Gasteiger partial charge on any atom is 0.337 e. The molecular weight excluding hydrogens is 468 g/mol. The zero-order valence-electron chi connectivity index (χ0n) is 21.1. The smallest absolute Gasteiger partial charge is 0.337 e. The molecule has 3 N–H and O–H groups in total. The lowest BCUT2D eigenvalue weighted by Gasteiger charge is -2.22. The number of hydrogen-bond donors (Lipinski definition) is 3. The van der Waals surface area contributed by atoms with E-state index in [0.29, 0.717) is 34.6 Å². The largest absolute Gasteiger partial charge is 0.465 e. The molecule has 4 rings (SSSR count). The van der Waals surface area contributed by atoms with Crippen molar-refractivity contribution >= 4 is 46.1 Å². The molecule has 0 bridgehead atoms. The van der Waals surface area contributed by atoms with E-state index in [1.807, 2.05) is 61.6 Å². The molecule has 0 saturated carbocycles. The fraction of sp³-hybridized carbons (Fsp3) is 0.207. The maximum atomic E-state index is 13.2. The summed E-state index contributed by atoms with van der Waals surface area (Å²) >= 11 is 0. The van der Waals surface area contributed by atoms with Gasteiger partial charge in [-0.15, -0.1) is 0 Å². The van der Waals surface area contributed by atoms with E-state index in [2.05, 4.69) is 16.0 Å². The van der Waals surface area contributed by atoms with Gasteiger partial charge in [0.25, 0.3) is 5.91 Å². The minimum Gasteiger partial charge on any atom is -0.465 e. The molecule has 8 heteroatoms. The molecule has 0 radical (unpaired) electrons. The molecule has 3 aromatic rings. The summed E-state index contributed by atoms with van der Waals surface area (Å²) in [7, 11) is 3.21. The van der Waals surface area contributed by atoms with Crippen LogP contribution >= 0.6 is 0 Å². The Balaban J connectivity index is 1.70. The van der Waals surface area contributed by atoms with Crippen LogP contribution in [-0.2, 0) is 14.3 Å². The molecule has 8 nitrogen and oxygen atoms in total. The van der Waals surface area contributed by atoms with E-state index in [0.717, 1.165) is 29.9 Å². The summed E-state index contributed by atoms with van der Waals surface area (Å²) in [5.41, 5.74) is 5.10. The quantitative estimate of drug-likeness (QED) is 0.230. The molecule has 0 aromatic heterocycles. The van der Waals surface area contributed by atoms with Gasteiger partial charge in [0.05, 0.1) is 29.6 Å². The number of methoxy groups -OCH3 is 1. The average Bonchev–Trinajstić information content (AvgIpc) is 3.24. The number of esters is 1. The van der Waals surface area contributed by atoms with Crippen LogP contribution in [0.5, 0.6) is 0 Å². The van der Waals surface area contributed by atoms with Gasteiger partial charge in [-0.3, -0.25) is 9.59 Å². The zero-order valence-corrected chi connectivity index (χ0v) is 21.1. The van der Waals surface area contributed by atoms with Crippen LogP contribution in [0, 0.1) is 0 Å². The molecular formula is C29H30N4O4. The van der Waals surface area contributed by atoms with Gasteiger partial charge in [0.15, 0.2) is 0 Å². The van der Waals surface area contributed by atoms with Crippen molar-refractivity contribution < 1.29 is 19.1 Å². The zero-order chi connectivity index (χ0) is 26.4. The highest BCUT2D eigenvalue weighted by molar-refractivity contribution is 6.37. The summed E-state index contributed by atoms with van der Waals surface area (Å²) in [6.07, 6.45) is 0.840. The minimum absolute atomic E-state index is 0.0190. The summed E-state index contributed by atoms with van der Waals surface area (Å²) in [5, 5.41) is 9.39. The van der Waals surface area contributed by atoms with E-state index in [1.165, 1.54) is 7.11 Å². The fourth-order valence-electron chi connectivity index (χ4n) is 4.30. The second-order valence-corrected chi connectivity index (χ2v) is 8.62. The van der Waals surface area contributed by atoms with Crippen LogP contribution in [0.25, 0.3) is 11.3 Å². The maximum absolute atomic E-state index is 13.2. The summed E-state index contributed by atoms with van der Waals surface area (Å²) in [6, 6.07) is 22.2. The van der Waals surface area contributed by atoms with E-state index in [4.69, 9.17) is 4.74 Å². The van der Waals surface area contributed by atoms with Crippen LogP contribution < -0.4 is 20.9 Å². The average molecular weight is 499 g/mol. The second-order valence-electron chi connectivity index (χ2n) is 8.62. The van der Waals surface area contributed by atoms with Gasteiger partial charge in [0.2, 0.25) is 5.91 Å². The van der Waals surface area contributed by atoms with Crippen LogP contribution in [0.1, 0.15) is 34.8 Å². The van der Waals surface area contributed by atoms with Crippen molar-refractivity contribution in [2.45, 2.75) is 13.3 Å². The topological polar surface area (TPSA) is 99.8 Å². The number of amides is 2. The van der Waals surface area contributed by atoms with Crippen molar-refractivity contribution in [1.29, 1.82) is 0 Å². The van der Waals surface area contributed by atoms with Gasteiger partial charge in [-0.05, 0) is 62.0 Å². The summed E-state index contributed by atoms with van der Waals surface area (Å²) < 4.78 is 4.81. The Hall–Kier alpha value is -4.43. The number of benzene rings is 3. The third-order valence-corrected chi connectivity index (χ3v) is 6.13. The van der Waals surface area contributed by atoms with Crippen molar-refractivity contribution in [2.75, 3.05) is 42.8 Å². The molecule has 2 amide bonds. The standard InChI is InChI=1S/C29H30N4O4/c1-19(34)33(17-7-16-30-2)23-13-11-22(12-14-23)31-27(20-8-5-4-6-9-20)26-24-15-10-21(29(36)37-3)18-25(24)32-28(26)35/h4-6,8-15,18,30-31H,7,16-17H2,1-3H3,(H,32,35). The highest BCUT2D eigenvalue weighted by atomic mass is 16.5. The molecule has 1 aliphatic heterocycles. The molecule has 37 heavy (non-hydrogen) atoms. The number of hydrogen-bond acceptors (Lipinski definition) is 6. The number of carbonyl (C=O) groups excluding carboxylic acids is 3. The molecule has 0 aliphatic carbocycles. The van der Waals surface area contributed by atoms with Gasteiger partial charge >= 0.3 is 5.97 Å². The molecule has 0 atom stereocenters. The minimum atomic E-state index is -0.471. The molecule has 3 aromatic carbocycles. The van der Waals surface area contributed by atoms with Gasteiger partial charge < -0.3 is 25.6 Å². The molecule has 0 fully saturated rings. The van der Waals surface area contributed by atoms with Crippen molar-refractivity contribution in [2.24, 2.45) is 0 Å². The Kier molecular flexibility index (Phi) is 8.00. The normalized spacial score (nSPS) is 13.4. The lowest BCUT2D eigenvalue weighted by Crippen LogP contribution is -2.31. The Morgan fingerprint density at radius 1 is 0.973 bits per heavy atom. The lowest BCUT2D eigenvalue weighted by atomic mass is 9.99.